The molecule has 24 nitrogen and oxygen atoms in total. The maximum absolute atomic E-state index is 15.9. The summed E-state index contributed by atoms with van der Waals surface area (Å²) in [4.78, 5) is 97.0. The summed E-state index contributed by atoms with van der Waals surface area (Å²) >= 11 is 0. The summed E-state index contributed by atoms with van der Waals surface area (Å²) in [5.41, 5.74) is 6.17. The van der Waals surface area contributed by atoms with Crippen LogP contribution in [0.2, 0.25) is 0 Å². The number of hydrogen-bond donors (Lipinski definition) is 4. The van der Waals surface area contributed by atoms with E-state index in [-0.39, 0.29) is 59.6 Å². The number of nitrogens with zero attached hydrogens (tertiary/aromatic N) is 7. The van der Waals surface area contributed by atoms with Crippen LogP contribution < -0.4 is 26.2 Å². The van der Waals surface area contributed by atoms with E-state index in [1.807, 2.05) is 24.5 Å². The molecule has 1 aliphatic carbocycles. The maximum Gasteiger partial charge on any atom is 0.264 e. The van der Waals surface area contributed by atoms with Crippen LogP contribution in [0, 0.1) is 12.7 Å². The van der Waals surface area contributed by atoms with Crippen molar-refractivity contribution in [1.82, 2.24) is 39.9 Å². The molecule has 2 aromatic heterocycles. The molecule has 5 aromatic rings. The summed E-state index contributed by atoms with van der Waals surface area (Å²) in [5.74, 6) is -2.37. The van der Waals surface area contributed by atoms with E-state index in [1.165, 1.54) is 25.3 Å². The standard InChI is InChI=1S/C70H92FN11O13/c1-45(2)74-65(84)52-42-57(54(71)38-47(52)5)76-64-63-58(73-44-80(63)46(3)4)43-56(75-64)48-12-13-53-60(39-48)81(50-40-49(41-50)79-19-7-6-8-20-79)69(88)70(53)16-21-78(22-17-70)23-25-90-27-29-92-31-33-94-35-37-95-36-34-93-32-30-91-28-26-89-24-18-72-55-11-9-10-51-62(55)68(87)82(67(51)86)59-14-15-61(83)77-66(59)85/h9-13,38-39,42-46,49-50,59,72H,6-8,14-37,40-41H2,1-5H3,(H,74,84)(H,75,76)(H,77,83,85). The number of pyridine rings is 1. The zero-order valence-electron chi connectivity index (χ0n) is 55.5. The van der Waals surface area contributed by atoms with Gasteiger partial charge in [-0.1, -0.05) is 24.6 Å². The number of benzene rings is 3. The first-order valence-electron chi connectivity index (χ1n) is 33.9. The number of anilines is 4. The Morgan fingerprint density at radius 1 is 0.716 bits per heavy atom. The minimum Gasteiger partial charge on any atom is -0.382 e. The van der Waals surface area contributed by atoms with Crippen LogP contribution in [0.15, 0.2) is 60.9 Å². The number of carbonyl (C=O) groups excluding carboxylic acids is 6. The highest BCUT2D eigenvalue weighted by atomic mass is 19.1. The molecule has 6 amide bonds. The molecule has 5 aliphatic heterocycles. The van der Waals surface area contributed by atoms with Gasteiger partial charge in [-0.05, 0) is 153 Å². The Bertz CT molecular complexity index is 3550. The number of aromatic nitrogens is 3. The molecule has 95 heavy (non-hydrogen) atoms. The lowest BCUT2D eigenvalue weighted by Gasteiger charge is -2.48. The van der Waals surface area contributed by atoms with E-state index in [9.17, 15) is 24.0 Å². The molecule has 11 rings (SSSR count). The molecule has 0 radical (unpaired) electrons. The number of aryl methyl sites for hydroxylation is 1. The van der Waals surface area contributed by atoms with Crippen molar-refractivity contribution in [3.63, 3.8) is 0 Å². The number of imide groups is 2. The highest BCUT2D eigenvalue weighted by molar-refractivity contribution is 6.25. The number of likely N-dealkylation sites (tertiary alicyclic amines) is 2. The molecule has 7 heterocycles. The molecule has 25 heteroatoms. The summed E-state index contributed by atoms with van der Waals surface area (Å²) in [6.45, 7) is 20.4. The summed E-state index contributed by atoms with van der Waals surface area (Å²) in [6, 6.07) is 15.7. The predicted octanol–water partition coefficient (Wildman–Crippen LogP) is 7.34. The van der Waals surface area contributed by atoms with Gasteiger partial charge in [0, 0.05) is 66.2 Å². The van der Waals surface area contributed by atoms with Gasteiger partial charge in [0.2, 0.25) is 17.7 Å². The zero-order chi connectivity index (χ0) is 66.6. The van der Waals surface area contributed by atoms with Crippen molar-refractivity contribution >= 4 is 69.4 Å². The summed E-state index contributed by atoms with van der Waals surface area (Å²) in [6.07, 6.45) is 8.96. The van der Waals surface area contributed by atoms with Gasteiger partial charge in [0.05, 0.1) is 132 Å². The van der Waals surface area contributed by atoms with E-state index in [0.29, 0.717) is 157 Å². The first kappa shape index (κ1) is 69.0. The van der Waals surface area contributed by atoms with E-state index in [4.69, 9.17) is 43.1 Å². The molecule has 512 valence electrons. The van der Waals surface area contributed by atoms with Crippen LogP contribution in [0.1, 0.15) is 134 Å². The average molecular weight is 1310 g/mol. The second kappa shape index (κ2) is 32.1. The Hall–Kier alpha value is -7.33. The Labute approximate surface area is 554 Å². The third kappa shape index (κ3) is 16.1. The number of imidazole rings is 1. The zero-order valence-corrected chi connectivity index (χ0v) is 55.5. The fraction of sp³-hybridized carbons (Fsp3) is 0.571. The number of nitrogens with one attached hydrogen (secondary N) is 4. The number of carbonyl (C=O) groups is 6. The number of piperidine rings is 3. The quantitative estimate of drug-likeness (QED) is 0.0232. The van der Waals surface area contributed by atoms with Crippen molar-refractivity contribution in [3.05, 3.63) is 94.6 Å². The predicted molar refractivity (Wildman–Crippen MR) is 355 cm³/mol. The van der Waals surface area contributed by atoms with Crippen molar-refractivity contribution in [3.8, 4) is 11.3 Å². The van der Waals surface area contributed by atoms with Gasteiger partial charge in [0.15, 0.2) is 5.82 Å². The second-order valence-electron chi connectivity index (χ2n) is 26.0. The number of ether oxygens (including phenoxy) is 7. The Morgan fingerprint density at radius 2 is 1.36 bits per heavy atom. The molecule has 3 aromatic carbocycles. The molecule has 1 unspecified atom stereocenters. The van der Waals surface area contributed by atoms with Crippen LogP contribution in [0.3, 0.4) is 0 Å². The van der Waals surface area contributed by atoms with Gasteiger partial charge in [-0.2, -0.15) is 0 Å². The van der Waals surface area contributed by atoms with Crippen LogP contribution in [0.25, 0.3) is 22.3 Å². The summed E-state index contributed by atoms with van der Waals surface area (Å²) < 4.78 is 57.8. The number of fused-ring (bicyclic) bond motifs is 4. The molecule has 1 spiro atoms. The minimum absolute atomic E-state index is 0.0292. The largest absolute Gasteiger partial charge is 0.382 e. The van der Waals surface area contributed by atoms with Gasteiger partial charge < -0.3 is 68.4 Å². The Morgan fingerprint density at radius 3 is 1.99 bits per heavy atom. The van der Waals surface area contributed by atoms with Crippen LogP contribution in [-0.2, 0) is 53.0 Å². The molecule has 4 N–H and O–H groups in total. The van der Waals surface area contributed by atoms with Crippen LogP contribution >= 0.6 is 0 Å². The van der Waals surface area contributed by atoms with E-state index >= 15 is 9.18 Å². The molecule has 1 atom stereocenters. The number of hydrogen-bond acceptors (Lipinski definition) is 19. The van der Waals surface area contributed by atoms with Crippen LogP contribution in [-0.4, -0.2) is 221 Å². The fourth-order valence-electron chi connectivity index (χ4n) is 13.8. The lowest BCUT2D eigenvalue weighted by Crippen LogP contribution is -2.58. The van der Waals surface area contributed by atoms with E-state index in [0.717, 1.165) is 67.3 Å². The molecule has 0 bridgehead atoms. The van der Waals surface area contributed by atoms with E-state index in [1.54, 1.807) is 37.5 Å². The number of rotatable bonds is 34. The van der Waals surface area contributed by atoms with Crippen molar-refractivity contribution in [2.24, 2.45) is 0 Å². The lowest BCUT2D eigenvalue weighted by molar-refractivity contribution is -0.136. The fourth-order valence-corrected chi connectivity index (χ4v) is 13.8. The third-order valence-electron chi connectivity index (χ3n) is 18.9. The van der Waals surface area contributed by atoms with Gasteiger partial charge in [-0.15, -0.1) is 0 Å². The van der Waals surface area contributed by atoms with Gasteiger partial charge in [0.1, 0.15) is 17.4 Å². The van der Waals surface area contributed by atoms with Crippen LogP contribution in [0.5, 0.6) is 0 Å². The highest BCUT2D eigenvalue weighted by Gasteiger charge is 2.56. The van der Waals surface area contributed by atoms with Gasteiger partial charge in [-0.25, -0.2) is 14.4 Å². The van der Waals surface area contributed by atoms with Crippen molar-refractivity contribution in [2.75, 3.05) is 147 Å². The minimum atomic E-state index is -1.03. The Kier molecular flexibility index (Phi) is 23.4. The molecule has 6 aliphatic rings. The molecule has 3 saturated heterocycles. The SMILES string of the molecule is Cc1cc(F)c(Nc2nc(-c3ccc4c(c3)N(C3CC(N5CCCCC5)C3)C(=O)C43CCN(CCOCCOCCOCCOCCOCCOCCOCCNc4cccc5c4C(=O)N(C4CCC(=O)NC4=O)C5=O)CC3)cc3ncn(C(C)C)c23)cc1C(=O)NC(C)C. The van der Waals surface area contributed by atoms with Crippen molar-refractivity contribution < 1.29 is 66.3 Å². The highest BCUT2D eigenvalue weighted by Crippen LogP contribution is 2.52. The van der Waals surface area contributed by atoms with Gasteiger partial charge >= 0.3 is 0 Å². The van der Waals surface area contributed by atoms with E-state index in [2.05, 4.69) is 68.0 Å². The first-order chi connectivity index (χ1) is 46.1. The molecular weight excluding hydrogens is 1220 g/mol. The van der Waals surface area contributed by atoms with E-state index < -0.39 is 40.9 Å². The smallest absolute Gasteiger partial charge is 0.264 e. The summed E-state index contributed by atoms with van der Waals surface area (Å²) in [5, 5.41) is 11.6. The molecular formula is C70H92FN11O13. The number of halogens is 1. The summed E-state index contributed by atoms with van der Waals surface area (Å²) in [7, 11) is 0. The third-order valence-corrected chi connectivity index (χ3v) is 18.9. The average Bonchev–Trinajstić information content (AvgIpc) is 1.56. The van der Waals surface area contributed by atoms with Crippen LogP contribution in [0.4, 0.5) is 27.3 Å². The maximum atomic E-state index is 15.9. The first-order valence-corrected chi connectivity index (χ1v) is 33.9. The monoisotopic (exact) mass is 1310 g/mol. The van der Waals surface area contributed by atoms with Gasteiger partial charge in [0.25, 0.3) is 17.7 Å². The van der Waals surface area contributed by atoms with Crippen molar-refractivity contribution in [1.29, 1.82) is 0 Å². The second-order valence-corrected chi connectivity index (χ2v) is 26.0. The topological polar surface area (TPSA) is 259 Å². The lowest BCUT2D eigenvalue weighted by atomic mass is 9.73. The normalized spacial score (nSPS) is 19.7. The number of amides is 6. The molecule has 1 saturated carbocycles. The Balaban J connectivity index is 0.564. The van der Waals surface area contributed by atoms with Crippen molar-refractivity contribution in [2.45, 2.75) is 128 Å². The van der Waals surface area contributed by atoms with Gasteiger partial charge in [-0.3, -0.25) is 39.0 Å². The molecule has 4 fully saturated rings.